The summed E-state index contributed by atoms with van der Waals surface area (Å²) in [6, 6.07) is 8.81. The van der Waals surface area contributed by atoms with Crippen LogP contribution < -0.4 is 56.5 Å². The number of carboxylic acid groups (broad SMARTS) is 1. The van der Waals surface area contributed by atoms with Gasteiger partial charge < -0.3 is 9.90 Å². The Morgan fingerprint density at radius 2 is 1.72 bits per heavy atom. The van der Waals surface area contributed by atoms with Crippen molar-refractivity contribution >= 4 is 26.9 Å². The third-order valence-electron chi connectivity index (χ3n) is 2.37. The number of hydrogen-bond donors (Lipinski definition) is 1. The molecule has 0 bridgehead atoms. The van der Waals surface area contributed by atoms with Gasteiger partial charge in [-0.3, -0.25) is 4.55 Å². The molecule has 0 saturated heterocycles. The maximum absolute atomic E-state index is 11.1. The van der Waals surface area contributed by atoms with Crippen LogP contribution in [0.3, 0.4) is 0 Å². The fraction of sp³-hybridized carbons (Fsp3) is 0. The first kappa shape index (κ1) is 15.8. The van der Waals surface area contributed by atoms with Crippen LogP contribution in [-0.2, 0) is 10.1 Å². The molecule has 18 heavy (non-hydrogen) atoms. The topological polar surface area (TPSA) is 94.5 Å². The molecule has 1 N–H and O–H groups in total. The number of hydrogen-bond acceptors (Lipinski definition) is 4. The van der Waals surface area contributed by atoms with E-state index in [1.807, 2.05) is 0 Å². The second-order valence-electron chi connectivity index (χ2n) is 3.42. The van der Waals surface area contributed by atoms with Crippen molar-refractivity contribution in [1.82, 2.24) is 0 Å². The number of carbonyl (C=O) groups excluding carboxylic acids is 1. The molecule has 0 saturated carbocycles. The fourth-order valence-electron chi connectivity index (χ4n) is 1.68. The van der Waals surface area contributed by atoms with Gasteiger partial charge >= 0.3 is 51.4 Å². The number of benzene rings is 2. The molecule has 0 atom stereocenters. The summed E-state index contributed by atoms with van der Waals surface area (Å²) >= 11 is 0. The van der Waals surface area contributed by atoms with Crippen LogP contribution in [0.4, 0.5) is 0 Å². The SMILES string of the molecule is O=C([O-])c1c(S(=O)(=O)O)ccc2ccccc12.[K+]. The second-order valence-corrected chi connectivity index (χ2v) is 4.81. The minimum absolute atomic E-state index is 0. The van der Waals surface area contributed by atoms with Crippen LogP contribution in [0.5, 0.6) is 0 Å². The van der Waals surface area contributed by atoms with E-state index in [2.05, 4.69) is 0 Å². The van der Waals surface area contributed by atoms with Gasteiger partial charge in [-0.1, -0.05) is 30.3 Å². The standard InChI is InChI=1S/C11H8O5S.K/c12-11(13)10-8-4-2-1-3-7(8)5-6-9(10)17(14,15)16;/h1-6H,(H,12,13)(H,14,15,16);/q;+1/p-1. The summed E-state index contributed by atoms with van der Waals surface area (Å²) in [4.78, 5) is 10.3. The third-order valence-corrected chi connectivity index (χ3v) is 3.27. The van der Waals surface area contributed by atoms with E-state index in [-0.39, 0.29) is 56.8 Å². The molecule has 0 aromatic heterocycles. The first-order chi connectivity index (χ1) is 7.91. The van der Waals surface area contributed by atoms with Gasteiger partial charge in [0.2, 0.25) is 0 Å². The molecule has 5 nitrogen and oxygen atoms in total. The van der Waals surface area contributed by atoms with E-state index >= 15 is 0 Å². The molecule has 0 unspecified atom stereocenters. The maximum atomic E-state index is 11.1. The first-order valence-electron chi connectivity index (χ1n) is 4.62. The van der Waals surface area contributed by atoms with Gasteiger partial charge in [0.05, 0.1) is 5.97 Å². The minimum Gasteiger partial charge on any atom is -0.545 e. The molecule has 0 spiro atoms. The van der Waals surface area contributed by atoms with E-state index < -0.39 is 26.5 Å². The summed E-state index contributed by atoms with van der Waals surface area (Å²) in [5.41, 5.74) is -0.523. The summed E-state index contributed by atoms with van der Waals surface area (Å²) in [6.45, 7) is 0. The Balaban J connectivity index is 0.00000162. The van der Waals surface area contributed by atoms with Crippen molar-refractivity contribution in [3.63, 3.8) is 0 Å². The number of aromatic carboxylic acids is 1. The Kier molecular flexibility index (Phi) is 5.07. The second kappa shape index (κ2) is 5.78. The Morgan fingerprint density at radius 3 is 2.28 bits per heavy atom. The van der Waals surface area contributed by atoms with E-state index in [4.69, 9.17) is 4.55 Å². The van der Waals surface area contributed by atoms with Crippen molar-refractivity contribution in [2.24, 2.45) is 0 Å². The average molecular weight is 290 g/mol. The van der Waals surface area contributed by atoms with Gasteiger partial charge in [-0.25, -0.2) is 0 Å². The Morgan fingerprint density at radius 1 is 1.11 bits per heavy atom. The van der Waals surface area contributed by atoms with E-state index in [0.717, 1.165) is 6.07 Å². The molecule has 0 aliphatic carbocycles. The van der Waals surface area contributed by atoms with Gasteiger partial charge in [0.1, 0.15) is 4.90 Å². The molecule has 0 amide bonds. The fourth-order valence-corrected chi connectivity index (χ4v) is 2.37. The van der Waals surface area contributed by atoms with Crippen LogP contribution in [-0.4, -0.2) is 18.9 Å². The summed E-state index contributed by atoms with van der Waals surface area (Å²) in [6.07, 6.45) is 0. The predicted molar refractivity (Wildman–Crippen MR) is 58.1 cm³/mol. The van der Waals surface area contributed by atoms with Crippen molar-refractivity contribution in [2.45, 2.75) is 4.90 Å². The van der Waals surface area contributed by atoms with E-state index in [0.29, 0.717) is 5.39 Å². The molecule has 2 aromatic carbocycles. The van der Waals surface area contributed by atoms with Crippen molar-refractivity contribution < 1.29 is 74.3 Å². The quantitative estimate of drug-likeness (QED) is 0.485. The number of carboxylic acids is 1. The summed E-state index contributed by atoms with van der Waals surface area (Å²) in [5.74, 6) is -1.64. The van der Waals surface area contributed by atoms with Gasteiger partial charge in [-0.15, -0.1) is 0 Å². The molecular weight excluding hydrogens is 283 g/mol. The average Bonchev–Trinajstić information content (AvgIpc) is 2.26. The van der Waals surface area contributed by atoms with E-state index in [9.17, 15) is 18.3 Å². The zero-order valence-electron chi connectivity index (χ0n) is 9.45. The molecule has 0 aliphatic rings. The van der Waals surface area contributed by atoms with Crippen LogP contribution in [0.25, 0.3) is 10.8 Å². The van der Waals surface area contributed by atoms with Crippen molar-refractivity contribution in [3.05, 3.63) is 42.0 Å². The molecule has 88 valence electrons. The summed E-state index contributed by atoms with van der Waals surface area (Å²) in [7, 11) is -4.59. The number of fused-ring (bicyclic) bond motifs is 1. The normalized spacial score (nSPS) is 10.9. The first-order valence-corrected chi connectivity index (χ1v) is 6.06. The van der Waals surface area contributed by atoms with Crippen LogP contribution in [0.2, 0.25) is 0 Å². The summed E-state index contributed by atoms with van der Waals surface area (Å²) in [5, 5.41) is 11.8. The molecule has 7 heteroatoms. The van der Waals surface area contributed by atoms with Gasteiger partial charge in [0.25, 0.3) is 10.1 Å². The Bertz CT molecular complexity index is 708. The van der Waals surface area contributed by atoms with E-state index in [1.165, 1.54) is 12.1 Å². The van der Waals surface area contributed by atoms with Crippen molar-refractivity contribution in [3.8, 4) is 0 Å². The minimum atomic E-state index is -4.59. The zero-order chi connectivity index (χ0) is 12.6. The number of rotatable bonds is 2. The molecule has 2 aromatic rings. The Hall–Kier alpha value is -0.284. The van der Waals surface area contributed by atoms with Crippen molar-refractivity contribution in [2.75, 3.05) is 0 Å². The van der Waals surface area contributed by atoms with Crippen LogP contribution in [0, 0.1) is 0 Å². The van der Waals surface area contributed by atoms with Gasteiger partial charge in [0, 0.05) is 5.56 Å². The number of carbonyl (C=O) groups is 1. The van der Waals surface area contributed by atoms with Gasteiger partial charge in [-0.05, 0) is 16.8 Å². The van der Waals surface area contributed by atoms with Crippen LogP contribution >= 0.6 is 0 Å². The van der Waals surface area contributed by atoms with Crippen molar-refractivity contribution in [1.29, 1.82) is 0 Å². The molecule has 0 heterocycles. The monoisotopic (exact) mass is 290 g/mol. The largest absolute Gasteiger partial charge is 1.00 e. The predicted octanol–water partition coefficient (Wildman–Crippen LogP) is -2.55. The van der Waals surface area contributed by atoms with Crippen LogP contribution in [0.15, 0.2) is 41.3 Å². The van der Waals surface area contributed by atoms with E-state index in [1.54, 1.807) is 18.2 Å². The molecule has 0 aliphatic heterocycles. The van der Waals surface area contributed by atoms with Gasteiger partial charge in [-0.2, -0.15) is 8.42 Å². The maximum Gasteiger partial charge on any atom is 1.00 e. The molecule has 2 rings (SSSR count). The zero-order valence-corrected chi connectivity index (χ0v) is 13.4. The van der Waals surface area contributed by atoms with Gasteiger partial charge in [0.15, 0.2) is 0 Å². The smallest absolute Gasteiger partial charge is 0.545 e. The van der Waals surface area contributed by atoms with Crippen LogP contribution in [0.1, 0.15) is 10.4 Å². The third kappa shape index (κ3) is 2.99. The molecule has 0 fully saturated rings. The Labute approximate surface area is 146 Å². The summed E-state index contributed by atoms with van der Waals surface area (Å²) < 4.78 is 31.1. The molecule has 0 radical (unpaired) electrons. The molecular formula is C11H7KO5S.